The fourth-order valence-electron chi connectivity index (χ4n) is 3.90. The van der Waals surface area contributed by atoms with E-state index in [1.165, 1.54) is 5.56 Å². The highest BCUT2D eigenvalue weighted by Gasteiger charge is 2.17. The molecule has 5 aromatic rings. The van der Waals surface area contributed by atoms with Crippen LogP contribution in [0, 0.1) is 13.8 Å². The zero-order chi connectivity index (χ0) is 18.5. The molecule has 0 saturated carbocycles. The second-order valence-corrected chi connectivity index (χ2v) is 7.26. The van der Waals surface area contributed by atoms with Gasteiger partial charge < -0.3 is 4.98 Å². The van der Waals surface area contributed by atoms with Gasteiger partial charge in [-0.1, -0.05) is 65.7 Å². The molecule has 0 unspecified atom stereocenters. The SMILES string of the molecule is Cc1ccc(C(=O)c2cc3c4cc(C)ccc4[nH]c3c3ccccc23)cc1. The summed E-state index contributed by atoms with van der Waals surface area (Å²) in [7, 11) is 0. The first-order valence-corrected chi connectivity index (χ1v) is 9.17. The first-order valence-electron chi connectivity index (χ1n) is 9.17. The first-order chi connectivity index (χ1) is 13.1. The van der Waals surface area contributed by atoms with Crippen molar-refractivity contribution < 1.29 is 4.79 Å². The summed E-state index contributed by atoms with van der Waals surface area (Å²) in [4.78, 5) is 16.9. The molecular formula is C25H19NO. The van der Waals surface area contributed by atoms with Crippen LogP contribution in [0.15, 0.2) is 72.8 Å². The fourth-order valence-corrected chi connectivity index (χ4v) is 3.90. The summed E-state index contributed by atoms with van der Waals surface area (Å²) in [5.41, 5.74) is 6.03. The molecule has 0 aliphatic carbocycles. The molecule has 1 heterocycles. The number of carbonyl (C=O) groups is 1. The van der Waals surface area contributed by atoms with Crippen LogP contribution in [0.1, 0.15) is 27.0 Å². The number of hydrogen-bond donors (Lipinski definition) is 1. The fraction of sp³-hybridized carbons (Fsp3) is 0.0800. The summed E-state index contributed by atoms with van der Waals surface area (Å²) in [6.45, 7) is 4.13. The Morgan fingerprint density at radius 2 is 1.41 bits per heavy atom. The molecule has 0 radical (unpaired) electrons. The van der Waals surface area contributed by atoms with Gasteiger partial charge >= 0.3 is 0 Å². The van der Waals surface area contributed by atoms with Gasteiger partial charge in [0.25, 0.3) is 0 Å². The van der Waals surface area contributed by atoms with Gasteiger partial charge in [0.15, 0.2) is 5.78 Å². The van der Waals surface area contributed by atoms with Crippen LogP contribution >= 0.6 is 0 Å². The Hall–Kier alpha value is -3.39. The quantitative estimate of drug-likeness (QED) is 0.372. The van der Waals surface area contributed by atoms with Crippen LogP contribution < -0.4 is 0 Å². The topological polar surface area (TPSA) is 32.9 Å². The van der Waals surface area contributed by atoms with Crippen molar-refractivity contribution in [1.29, 1.82) is 0 Å². The number of aryl methyl sites for hydroxylation is 2. The number of benzene rings is 4. The molecule has 0 atom stereocenters. The van der Waals surface area contributed by atoms with Crippen molar-refractivity contribution in [3.63, 3.8) is 0 Å². The highest BCUT2D eigenvalue weighted by molar-refractivity contribution is 6.25. The van der Waals surface area contributed by atoms with Crippen LogP contribution in [0.3, 0.4) is 0 Å². The normalized spacial score (nSPS) is 11.5. The molecule has 0 spiro atoms. The van der Waals surface area contributed by atoms with Gasteiger partial charge in [-0.25, -0.2) is 0 Å². The van der Waals surface area contributed by atoms with Crippen molar-refractivity contribution in [2.75, 3.05) is 0 Å². The van der Waals surface area contributed by atoms with Crippen LogP contribution in [0.5, 0.6) is 0 Å². The minimum Gasteiger partial charge on any atom is -0.354 e. The molecule has 27 heavy (non-hydrogen) atoms. The van der Waals surface area contributed by atoms with Gasteiger partial charge in [-0.05, 0) is 37.4 Å². The number of hydrogen-bond acceptors (Lipinski definition) is 1. The Bertz CT molecular complexity index is 1340. The zero-order valence-electron chi connectivity index (χ0n) is 15.3. The van der Waals surface area contributed by atoms with E-state index in [1.807, 2.05) is 49.4 Å². The Kier molecular flexibility index (Phi) is 3.41. The maximum atomic E-state index is 13.3. The lowest BCUT2D eigenvalue weighted by atomic mass is 9.94. The highest BCUT2D eigenvalue weighted by atomic mass is 16.1. The van der Waals surface area contributed by atoms with Crippen molar-refractivity contribution in [3.8, 4) is 0 Å². The number of H-pyrrole nitrogens is 1. The molecule has 0 aliphatic rings. The second-order valence-electron chi connectivity index (χ2n) is 7.26. The third kappa shape index (κ3) is 2.45. The predicted octanol–water partition coefficient (Wildman–Crippen LogP) is 6.32. The Morgan fingerprint density at radius 3 is 2.19 bits per heavy atom. The molecule has 0 fully saturated rings. The molecule has 5 rings (SSSR count). The van der Waals surface area contributed by atoms with Crippen LogP contribution in [-0.4, -0.2) is 10.8 Å². The summed E-state index contributed by atoms with van der Waals surface area (Å²) in [6.07, 6.45) is 0. The Labute approximate surface area is 157 Å². The van der Waals surface area contributed by atoms with Gasteiger partial charge in [0.2, 0.25) is 0 Å². The number of rotatable bonds is 2. The number of fused-ring (bicyclic) bond motifs is 5. The molecule has 2 heteroatoms. The Morgan fingerprint density at radius 1 is 0.704 bits per heavy atom. The largest absolute Gasteiger partial charge is 0.354 e. The lowest BCUT2D eigenvalue weighted by Crippen LogP contribution is -2.02. The van der Waals surface area contributed by atoms with Gasteiger partial charge in [-0.2, -0.15) is 0 Å². The summed E-state index contributed by atoms with van der Waals surface area (Å²) in [6, 6.07) is 24.4. The van der Waals surface area contributed by atoms with Crippen molar-refractivity contribution >= 4 is 38.4 Å². The van der Waals surface area contributed by atoms with Gasteiger partial charge in [-0.15, -0.1) is 0 Å². The molecule has 0 saturated heterocycles. The van der Waals surface area contributed by atoms with Gasteiger partial charge in [0.1, 0.15) is 0 Å². The van der Waals surface area contributed by atoms with Gasteiger partial charge in [0, 0.05) is 32.8 Å². The molecule has 1 N–H and O–H groups in total. The number of carbonyl (C=O) groups excluding carboxylic acids is 1. The van der Waals surface area contributed by atoms with Crippen LogP contribution in [0.2, 0.25) is 0 Å². The van der Waals surface area contributed by atoms with Crippen molar-refractivity contribution in [2.24, 2.45) is 0 Å². The maximum Gasteiger partial charge on any atom is 0.193 e. The van der Waals surface area contributed by atoms with E-state index in [4.69, 9.17) is 0 Å². The van der Waals surface area contributed by atoms with Crippen LogP contribution in [-0.2, 0) is 0 Å². The number of aromatic nitrogens is 1. The molecule has 0 aliphatic heterocycles. The standard InChI is InChI=1S/C25H19NO/c1-15-7-10-17(11-8-15)25(27)22-14-21-20-13-16(2)9-12-23(20)26-24(21)19-6-4-3-5-18(19)22/h3-14,26H,1-2H3. The van der Waals surface area contributed by atoms with E-state index in [0.29, 0.717) is 0 Å². The van der Waals surface area contributed by atoms with Crippen molar-refractivity contribution in [1.82, 2.24) is 4.98 Å². The third-order valence-electron chi connectivity index (χ3n) is 5.33. The van der Waals surface area contributed by atoms with Gasteiger partial charge in [0.05, 0.1) is 5.52 Å². The third-order valence-corrected chi connectivity index (χ3v) is 5.33. The minimum atomic E-state index is 0.0649. The zero-order valence-corrected chi connectivity index (χ0v) is 15.3. The van der Waals surface area contributed by atoms with E-state index in [0.717, 1.165) is 49.3 Å². The lowest BCUT2D eigenvalue weighted by molar-refractivity contribution is 0.104. The summed E-state index contributed by atoms with van der Waals surface area (Å²) in [5, 5.41) is 4.33. The maximum absolute atomic E-state index is 13.3. The highest BCUT2D eigenvalue weighted by Crippen LogP contribution is 2.34. The molecule has 2 nitrogen and oxygen atoms in total. The van der Waals surface area contributed by atoms with E-state index in [1.54, 1.807) is 0 Å². The minimum absolute atomic E-state index is 0.0649. The Balaban J connectivity index is 1.87. The van der Waals surface area contributed by atoms with E-state index in [2.05, 4.69) is 42.2 Å². The lowest BCUT2D eigenvalue weighted by Gasteiger charge is -2.08. The van der Waals surface area contributed by atoms with E-state index in [9.17, 15) is 4.79 Å². The second kappa shape index (κ2) is 5.82. The van der Waals surface area contributed by atoms with Crippen LogP contribution in [0.4, 0.5) is 0 Å². The number of nitrogens with one attached hydrogen (secondary N) is 1. The average molecular weight is 349 g/mol. The first kappa shape index (κ1) is 15.8. The van der Waals surface area contributed by atoms with E-state index in [-0.39, 0.29) is 5.78 Å². The number of aromatic amines is 1. The van der Waals surface area contributed by atoms with Crippen molar-refractivity contribution in [3.05, 3.63) is 95.1 Å². The van der Waals surface area contributed by atoms with Crippen LogP contribution in [0.25, 0.3) is 32.6 Å². The molecule has 4 aromatic carbocycles. The molecule has 1 aromatic heterocycles. The predicted molar refractivity (Wildman–Crippen MR) is 113 cm³/mol. The smallest absolute Gasteiger partial charge is 0.193 e. The summed E-state index contributed by atoms with van der Waals surface area (Å²) >= 11 is 0. The van der Waals surface area contributed by atoms with E-state index >= 15 is 0 Å². The van der Waals surface area contributed by atoms with Gasteiger partial charge in [-0.3, -0.25) is 4.79 Å². The molecule has 0 bridgehead atoms. The summed E-state index contributed by atoms with van der Waals surface area (Å²) < 4.78 is 0. The number of ketones is 1. The molecule has 130 valence electrons. The monoisotopic (exact) mass is 349 g/mol. The van der Waals surface area contributed by atoms with Crippen molar-refractivity contribution in [2.45, 2.75) is 13.8 Å². The van der Waals surface area contributed by atoms with E-state index < -0.39 is 0 Å². The average Bonchev–Trinajstić information content (AvgIpc) is 3.05. The molecular weight excluding hydrogens is 330 g/mol. The molecule has 0 amide bonds. The summed E-state index contributed by atoms with van der Waals surface area (Å²) in [5.74, 6) is 0.0649.